The summed E-state index contributed by atoms with van der Waals surface area (Å²) in [6.07, 6.45) is 3.48. The number of ether oxygens (including phenoxy) is 1. The van der Waals surface area contributed by atoms with Crippen molar-refractivity contribution in [3.05, 3.63) is 24.3 Å². The first-order chi connectivity index (χ1) is 13.1. The molecule has 2 aromatic rings. The number of nitrogens with one attached hydrogen (secondary N) is 1. The van der Waals surface area contributed by atoms with Gasteiger partial charge in [-0.05, 0) is 47.7 Å². The standard InChI is InChI=1S/C19H27N5O2S/c1-4-26-17-11-6-5-10-16(17)24-19(21-22-23-24)27-12-18(25)20-15-9-7-8-13(2)14(15)3/h5-6,10-11,13-15H,4,7-9,12H2,1-3H3,(H,20,25)/t13-,14-,15+/m0/s1. The fourth-order valence-electron chi connectivity index (χ4n) is 3.49. The van der Waals surface area contributed by atoms with Crippen LogP contribution in [0.2, 0.25) is 0 Å². The van der Waals surface area contributed by atoms with Crippen molar-refractivity contribution in [2.75, 3.05) is 12.4 Å². The van der Waals surface area contributed by atoms with E-state index in [4.69, 9.17) is 4.74 Å². The summed E-state index contributed by atoms with van der Waals surface area (Å²) in [6, 6.07) is 7.86. The van der Waals surface area contributed by atoms with E-state index in [9.17, 15) is 4.79 Å². The number of thioether (sulfide) groups is 1. The minimum Gasteiger partial charge on any atom is -0.492 e. The lowest BCUT2D eigenvalue weighted by molar-refractivity contribution is -0.120. The van der Waals surface area contributed by atoms with Crippen molar-refractivity contribution < 1.29 is 9.53 Å². The Morgan fingerprint density at radius 3 is 2.96 bits per heavy atom. The normalized spacial score (nSPS) is 22.4. The molecule has 8 heteroatoms. The van der Waals surface area contributed by atoms with Crippen LogP contribution in [0.4, 0.5) is 0 Å². The molecule has 0 saturated heterocycles. The average molecular weight is 390 g/mol. The summed E-state index contributed by atoms with van der Waals surface area (Å²) in [6.45, 7) is 6.99. The van der Waals surface area contributed by atoms with Gasteiger partial charge in [-0.25, -0.2) is 0 Å². The number of tetrazole rings is 1. The van der Waals surface area contributed by atoms with Gasteiger partial charge in [0.1, 0.15) is 11.4 Å². The van der Waals surface area contributed by atoms with Crippen LogP contribution in [-0.2, 0) is 4.79 Å². The first-order valence-electron chi connectivity index (χ1n) is 9.53. The van der Waals surface area contributed by atoms with Gasteiger partial charge in [0.05, 0.1) is 12.4 Å². The van der Waals surface area contributed by atoms with Crippen LogP contribution in [0.1, 0.15) is 40.0 Å². The number of nitrogens with zero attached hydrogens (tertiary/aromatic N) is 4. The van der Waals surface area contributed by atoms with Crippen LogP contribution in [0.15, 0.2) is 29.4 Å². The molecule has 1 aromatic carbocycles. The second kappa shape index (κ2) is 9.21. The molecule has 1 aromatic heterocycles. The van der Waals surface area contributed by atoms with Crippen molar-refractivity contribution in [1.82, 2.24) is 25.5 Å². The quantitative estimate of drug-likeness (QED) is 0.733. The van der Waals surface area contributed by atoms with Crippen molar-refractivity contribution in [1.29, 1.82) is 0 Å². The Kier molecular flexibility index (Phi) is 6.71. The maximum atomic E-state index is 12.4. The number of rotatable bonds is 7. The summed E-state index contributed by atoms with van der Waals surface area (Å²) in [7, 11) is 0. The minimum atomic E-state index is 0.0265. The van der Waals surface area contributed by atoms with Crippen molar-refractivity contribution in [3.63, 3.8) is 0 Å². The highest BCUT2D eigenvalue weighted by atomic mass is 32.2. The lowest BCUT2D eigenvalue weighted by Crippen LogP contribution is -2.44. The largest absolute Gasteiger partial charge is 0.492 e. The monoisotopic (exact) mass is 389 g/mol. The van der Waals surface area contributed by atoms with Crippen molar-refractivity contribution in [2.45, 2.75) is 51.2 Å². The molecule has 1 N–H and O–H groups in total. The van der Waals surface area contributed by atoms with E-state index in [0.29, 0.717) is 29.3 Å². The van der Waals surface area contributed by atoms with E-state index in [2.05, 4.69) is 34.7 Å². The molecule has 1 aliphatic rings. The third-order valence-electron chi connectivity index (χ3n) is 5.22. The van der Waals surface area contributed by atoms with Gasteiger partial charge >= 0.3 is 0 Å². The molecule has 146 valence electrons. The lowest BCUT2D eigenvalue weighted by atomic mass is 9.78. The first-order valence-corrected chi connectivity index (χ1v) is 10.5. The number of carbonyl (C=O) groups is 1. The summed E-state index contributed by atoms with van der Waals surface area (Å²) in [5.41, 5.74) is 0.766. The van der Waals surface area contributed by atoms with E-state index in [-0.39, 0.29) is 17.7 Å². The van der Waals surface area contributed by atoms with Gasteiger partial charge in [-0.1, -0.05) is 50.6 Å². The molecule has 1 saturated carbocycles. The molecular formula is C19H27N5O2S. The summed E-state index contributed by atoms with van der Waals surface area (Å²) in [5.74, 6) is 2.19. The maximum Gasteiger partial charge on any atom is 0.230 e. The van der Waals surface area contributed by atoms with Gasteiger partial charge in [-0.2, -0.15) is 4.68 Å². The first kappa shape index (κ1) is 19.7. The van der Waals surface area contributed by atoms with Crippen LogP contribution in [0.3, 0.4) is 0 Å². The van der Waals surface area contributed by atoms with Gasteiger partial charge in [0, 0.05) is 6.04 Å². The number of amides is 1. The molecule has 1 heterocycles. The molecule has 3 rings (SSSR count). The molecule has 1 fully saturated rings. The molecule has 3 atom stereocenters. The molecule has 0 radical (unpaired) electrons. The summed E-state index contributed by atoms with van der Waals surface area (Å²) >= 11 is 1.33. The highest BCUT2D eigenvalue weighted by Gasteiger charge is 2.28. The van der Waals surface area contributed by atoms with Gasteiger partial charge in [-0.3, -0.25) is 4.79 Å². The van der Waals surface area contributed by atoms with E-state index in [1.807, 2.05) is 31.2 Å². The highest BCUT2D eigenvalue weighted by molar-refractivity contribution is 7.99. The minimum absolute atomic E-state index is 0.0265. The summed E-state index contributed by atoms with van der Waals surface area (Å²) < 4.78 is 7.28. The molecule has 1 aliphatic carbocycles. The molecule has 0 aliphatic heterocycles. The molecule has 7 nitrogen and oxygen atoms in total. The number of carbonyl (C=O) groups excluding carboxylic acids is 1. The van der Waals surface area contributed by atoms with Crippen molar-refractivity contribution >= 4 is 17.7 Å². The van der Waals surface area contributed by atoms with Gasteiger partial charge in [-0.15, -0.1) is 5.10 Å². The van der Waals surface area contributed by atoms with Crippen LogP contribution in [0.25, 0.3) is 5.69 Å². The third kappa shape index (κ3) is 4.80. The van der Waals surface area contributed by atoms with Gasteiger partial charge < -0.3 is 10.1 Å². The average Bonchev–Trinajstić information content (AvgIpc) is 3.13. The smallest absolute Gasteiger partial charge is 0.230 e. The SMILES string of the molecule is CCOc1ccccc1-n1nnnc1SCC(=O)N[C@@H]1CCC[C@H](C)[C@@H]1C. The van der Waals surface area contributed by atoms with Crippen LogP contribution >= 0.6 is 11.8 Å². The predicted molar refractivity (Wildman–Crippen MR) is 105 cm³/mol. The van der Waals surface area contributed by atoms with Crippen LogP contribution in [0, 0.1) is 11.8 Å². The van der Waals surface area contributed by atoms with Crippen LogP contribution in [-0.4, -0.2) is 44.5 Å². The second-order valence-electron chi connectivity index (χ2n) is 7.00. The predicted octanol–water partition coefficient (Wildman–Crippen LogP) is 3.09. The number of hydrogen-bond donors (Lipinski definition) is 1. The Bertz CT molecular complexity index is 766. The second-order valence-corrected chi connectivity index (χ2v) is 7.95. The van der Waals surface area contributed by atoms with E-state index in [1.54, 1.807) is 4.68 Å². The molecular weight excluding hydrogens is 362 g/mol. The topological polar surface area (TPSA) is 81.9 Å². The van der Waals surface area contributed by atoms with Gasteiger partial charge in [0.25, 0.3) is 0 Å². The third-order valence-corrected chi connectivity index (χ3v) is 6.14. The molecule has 0 bridgehead atoms. The fraction of sp³-hybridized carbons (Fsp3) is 0.579. The number of hydrogen-bond acceptors (Lipinski definition) is 6. The van der Waals surface area contributed by atoms with E-state index in [0.717, 1.165) is 12.1 Å². The zero-order valence-electron chi connectivity index (χ0n) is 16.1. The Morgan fingerprint density at radius 1 is 1.33 bits per heavy atom. The number of aromatic nitrogens is 4. The van der Waals surface area contributed by atoms with Gasteiger partial charge in [0.2, 0.25) is 11.1 Å². The van der Waals surface area contributed by atoms with Crippen LogP contribution in [0.5, 0.6) is 5.75 Å². The van der Waals surface area contributed by atoms with Crippen molar-refractivity contribution in [3.8, 4) is 11.4 Å². The summed E-state index contributed by atoms with van der Waals surface area (Å²) in [5, 5.41) is 15.7. The van der Waals surface area contributed by atoms with E-state index in [1.165, 1.54) is 24.6 Å². The van der Waals surface area contributed by atoms with Crippen LogP contribution < -0.4 is 10.1 Å². The molecule has 0 unspecified atom stereocenters. The molecule has 1 amide bonds. The Balaban J connectivity index is 1.63. The number of para-hydroxylation sites is 2. The zero-order chi connectivity index (χ0) is 19.2. The highest BCUT2D eigenvalue weighted by Crippen LogP contribution is 2.30. The molecule has 0 spiro atoms. The van der Waals surface area contributed by atoms with E-state index < -0.39 is 0 Å². The molecule has 27 heavy (non-hydrogen) atoms. The Morgan fingerprint density at radius 2 is 2.15 bits per heavy atom. The van der Waals surface area contributed by atoms with E-state index >= 15 is 0 Å². The lowest BCUT2D eigenvalue weighted by Gasteiger charge is -2.34. The fourth-order valence-corrected chi connectivity index (χ4v) is 4.19. The maximum absolute atomic E-state index is 12.4. The number of benzene rings is 1. The Labute approximate surface area is 164 Å². The van der Waals surface area contributed by atoms with Gasteiger partial charge in [0.15, 0.2) is 0 Å². The Hall–Kier alpha value is -2.09. The summed E-state index contributed by atoms with van der Waals surface area (Å²) in [4.78, 5) is 12.4. The van der Waals surface area contributed by atoms with Crippen molar-refractivity contribution in [2.24, 2.45) is 11.8 Å². The zero-order valence-corrected chi connectivity index (χ0v) is 16.9.